The first kappa shape index (κ1) is 22.7. The van der Waals surface area contributed by atoms with E-state index in [1.54, 1.807) is 60.7 Å². The van der Waals surface area contributed by atoms with Gasteiger partial charge >= 0.3 is 0 Å². The molecule has 0 saturated carbocycles. The predicted octanol–water partition coefficient (Wildman–Crippen LogP) is 4.47. The van der Waals surface area contributed by atoms with Gasteiger partial charge in [0.05, 0.1) is 24.5 Å². The Morgan fingerprint density at radius 1 is 0.941 bits per heavy atom. The number of anilines is 2. The second-order valence-electron chi connectivity index (χ2n) is 7.39. The van der Waals surface area contributed by atoms with E-state index in [0.717, 1.165) is 5.39 Å². The second kappa shape index (κ2) is 10.4. The van der Waals surface area contributed by atoms with Crippen molar-refractivity contribution in [3.05, 3.63) is 84.1 Å². The van der Waals surface area contributed by atoms with E-state index >= 15 is 0 Å². The van der Waals surface area contributed by atoms with Crippen LogP contribution in [0, 0.1) is 0 Å². The summed E-state index contributed by atoms with van der Waals surface area (Å²) in [7, 11) is 0. The van der Waals surface area contributed by atoms with Crippen molar-refractivity contribution < 1.29 is 23.5 Å². The van der Waals surface area contributed by atoms with Crippen molar-refractivity contribution in [2.24, 2.45) is 0 Å². The van der Waals surface area contributed by atoms with Gasteiger partial charge in [0.15, 0.2) is 17.1 Å². The van der Waals surface area contributed by atoms with Crippen LogP contribution in [0.3, 0.4) is 0 Å². The normalized spacial score (nSPS) is 10.6. The molecule has 0 aliphatic rings. The molecule has 4 N–H and O–H groups in total. The van der Waals surface area contributed by atoms with Gasteiger partial charge in [-0.3, -0.25) is 9.59 Å². The summed E-state index contributed by atoms with van der Waals surface area (Å²) in [5.74, 6) is 0.780. The Bertz CT molecular complexity index is 1300. The van der Waals surface area contributed by atoms with Crippen LogP contribution in [0.25, 0.3) is 11.0 Å². The Hall–Kier alpha value is -4.46. The van der Waals surface area contributed by atoms with Crippen LogP contribution in [0.15, 0.2) is 77.2 Å². The molecule has 0 fully saturated rings. The lowest BCUT2D eigenvalue weighted by Crippen LogP contribution is -2.27. The molecule has 0 aliphatic carbocycles. The van der Waals surface area contributed by atoms with E-state index < -0.39 is 0 Å². The first-order valence-corrected chi connectivity index (χ1v) is 10.9. The number of nitrogen functional groups attached to an aromatic ring is 1. The number of hydrogen-bond donors (Lipinski definition) is 3. The third-order valence-corrected chi connectivity index (χ3v) is 5.01. The zero-order valence-corrected chi connectivity index (χ0v) is 18.7. The van der Waals surface area contributed by atoms with Gasteiger partial charge in [0.1, 0.15) is 12.4 Å². The molecule has 4 aromatic rings. The molecule has 2 amide bonds. The van der Waals surface area contributed by atoms with Gasteiger partial charge in [0, 0.05) is 10.9 Å². The van der Waals surface area contributed by atoms with Crippen LogP contribution in [0.5, 0.6) is 11.5 Å². The Kier molecular flexibility index (Phi) is 6.98. The number of carbonyl (C=O) groups excluding carboxylic acids is 2. The number of para-hydroxylation sites is 3. The topological polar surface area (TPSA) is 116 Å². The van der Waals surface area contributed by atoms with Crippen molar-refractivity contribution in [2.45, 2.75) is 6.92 Å². The van der Waals surface area contributed by atoms with Gasteiger partial charge in [-0.25, -0.2) is 0 Å². The number of amides is 2. The SMILES string of the molecule is CCOc1cccc2cc(C(=O)NCCOc3ccc(C(=O)Nc4ccccc4N)cc3)oc12. The van der Waals surface area contributed by atoms with E-state index in [4.69, 9.17) is 19.6 Å². The fourth-order valence-electron chi connectivity index (χ4n) is 3.35. The van der Waals surface area contributed by atoms with Crippen LogP contribution in [-0.2, 0) is 0 Å². The molecule has 0 saturated heterocycles. The fraction of sp³-hybridized carbons (Fsp3) is 0.154. The number of carbonyl (C=O) groups is 2. The highest BCUT2D eigenvalue weighted by Crippen LogP contribution is 2.28. The lowest BCUT2D eigenvalue weighted by Gasteiger charge is -2.09. The summed E-state index contributed by atoms with van der Waals surface area (Å²) < 4.78 is 16.9. The molecule has 0 aliphatic heterocycles. The van der Waals surface area contributed by atoms with Crippen molar-refractivity contribution in [3.63, 3.8) is 0 Å². The molecule has 174 valence electrons. The van der Waals surface area contributed by atoms with Crippen LogP contribution < -0.4 is 25.8 Å². The summed E-state index contributed by atoms with van der Waals surface area (Å²) in [5.41, 5.74) is 7.93. The molecule has 0 atom stereocenters. The van der Waals surface area contributed by atoms with Gasteiger partial charge in [-0.05, 0) is 55.5 Å². The second-order valence-corrected chi connectivity index (χ2v) is 7.39. The Morgan fingerprint density at radius 3 is 2.50 bits per heavy atom. The highest BCUT2D eigenvalue weighted by molar-refractivity contribution is 6.05. The van der Waals surface area contributed by atoms with Crippen LogP contribution >= 0.6 is 0 Å². The number of furan rings is 1. The Balaban J connectivity index is 1.26. The number of benzene rings is 3. The molecule has 34 heavy (non-hydrogen) atoms. The average Bonchev–Trinajstić information content (AvgIpc) is 3.29. The molecule has 8 nitrogen and oxygen atoms in total. The van der Waals surface area contributed by atoms with E-state index in [9.17, 15) is 9.59 Å². The number of hydrogen-bond acceptors (Lipinski definition) is 6. The van der Waals surface area contributed by atoms with Gasteiger partial charge in [0.2, 0.25) is 0 Å². The van der Waals surface area contributed by atoms with Crippen LogP contribution in [0.1, 0.15) is 27.8 Å². The molecule has 0 bridgehead atoms. The summed E-state index contributed by atoms with van der Waals surface area (Å²) in [6, 6.07) is 21.0. The molecule has 1 aromatic heterocycles. The maximum Gasteiger partial charge on any atom is 0.287 e. The van der Waals surface area contributed by atoms with Gasteiger partial charge < -0.3 is 30.3 Å². The Labute approximate surface area is 196 Å². The molecule has 0 unspecified atom stereocenters. The monoisotopic (exact) mass is 459 g/mol. The fourth-order valence-corrected chi connectivity index (χ4v) is 3.35. The largest absolute Gasteiger partial charge is 0.492 e. The van der Waals surface area contributed by atoms with E-state index in [-0.39, 0.29) is 30.7 Å². The summed E-state index contributed by atoms with van der Waals surface area (Å²) in [4.78, 5) is 24.8. The molecule has 0 radical (unpaired) electrons. The number of nitrogens with one attached hydrogen (secondary N) is 2. The van der Waals surface area contributed by atoms with Gasteiger partial charge in [-0.15, -0.1) is 0 Å². The molecule has 8 heteroatoms. The predicted molar refractivity (Wildman–Crippen MR) is 130 cm³/mol. The zero-order valence-electron chi connectivity index (χ0n) is 18.7. The maximum absolute atomic E-state index is 12.4. The minimum absolute atomic E-state index is 0.205. The summed E-state index contributed by atoms with van der Waals surface area (Å²) in [6.07, 6.45) is 0. The minimum Gasteiger partial charge on any atom is -0.492 e. The minimum atomic E-state index is -0.338. The summed E-state index contributed by atoms with van der Waals surface area (Å²) >= 11 is 0. The van der Waals surface area contributed by atoms with E-state index in [2.05, 4.69) is 10.6 Å². The number of ether oxygens (including phenoxy) is 2. The lowest BCUT2D eigenvalue weighted by atomic mass is 10.2. The standard InChI is InChI=1S/C26H25N3O5/c1-2-32-22-9-5-6-18-16-23(34-24(18)22)26(31)28-14-15-33-19-12-10-17(11-13-19)25(30)29-21-8-4-3-7-20(21)27/h3-13,16H,2,14-15,27H2,1H3,(H,28,31)(H,29,30). The summed E-state index contributed by atoms with van der Waals surface area (Å²) in [5, 5.41) is 6.34. The van der Waals surface area contributed by atoms with Crippen LogP contribution in [-0.4, -0.2) is 31.6 Å². The smallest absolute Gasteiger partial charge is 0.287 e. The third-order valence-electron chi connectivity index (χ3n) is 5.01. The van der Waals surface area contributed by atoms with Crippen molar-refractivity contribution in [3.8, 4) is 11.5 Å². The zero-order chi connectivity index (χ0) is 23.9. The first-order chi connectivity index (χ1) is 16.5. The summed E-state index contributed by atoms with van der Waals surface area (Å²) in [6.45, 7) is 2.93. The van der Waals surface area contributed by atoms with Crippen molar-refractivity contribution in [2.75, 3.05) is 30.8 Å². The molecule has 1 heterocycles. The molecular weight excluding hydrogens is 434 g/mol. The number of fused-ring (bicyclic) bond motifs is 1. The highest BCUT2D eigenvalue weighted by atomic mass is 16.5. The molecule has 3 aromatic carbocycles. The van der Waals surface area contributed by atoms with Crippen molar-refractivity contribution in [1.29, 1.82) is 0 Å². The van der Waals surface area contributed by atoms with Crippen molar-refractivity contribution >= 4 is 34.2 Å². The lowest BCUT2D eigenvalue weighted by molar-refractivity contribution is 0.0920. The van der Waals surface area contributed by atoms with E-state index in [0.29, 0.717) is 40.6 Å². The molecule has 4 rings (SSSR count). The van der Waals surface area contributed by atoms with Crippen LogP contribution in [0.4, 0.5) is 11.4 Å². The molecule has 0 spiro atoms. The van der Waals surface area contributed by atoms with Gasteiger partial charge in [0.25, 0.3) is 11.8 Å². The molecular formula is C26H25N3O5. The van der Waals surface area contributed by atoms with E-state index in [1.165, 1.54) is 0 Å². The first-order valence-electron chi connectivity index (χ1n) is 10.9. The quantitative estimate of drug-likeness (QED) is 0.251. The number of nitrogens with two attached hydrogens (primary N) is 1. The third kappa shape index (κ3) is 5.29. The number of rotatable bonds is 9. The van der Waals surface area contributed by atoms with Crippen LogP contribution in [0.2, 0.25) is 0 Å². The van der Waals surface area contributed by atoms with Crippen molar-refractivity contribution in [1.82, 2.24) is 5.32 Å². The van der Waals surface area contributed by atoms with E-state index in [1.807, 2.05) is 19.1 Å². The average molecular weight is 460 g/mol. The van der Waals surface area contributed by atoms with Gasteiger partial charge in [-0.2, -0.15) is 0 Å². The highest BCUT2D eigenvalue weighted by Gasteiger charge is 2.15. The van der Waals surface area contributed by atoms with Gasteiger partial charge in [-0.1, -0.05) is 24.3 Å². The maximum atomic E-state index is 12.4. The Morgan fingerprint density at radius 2 is 1.74 bits per heavy atom.